The lowest BCUT2D eigenvalue weighted by molar-refractivity contribution is -0.0000119. The number of likely N-dealkylation sites (tertiary alicyclic amines) is 1. The van der Waals surface area contributed by atoms with Gasteiger partial charge in [0, 0.05) is 38.8 Å². The minimum Gasteiger partial charge on any atom is -0.378 e. The molecule has 0 amide bonds. The Balaban J connectivity index is 2.27. The van der Waals surface area contributed by atoms with Gasteiger partial charge >= 0.3 is 0 Å². The van der Waals surface area contributed by atoms with Gasteiger partial charge in [-0.15, -0.1) is 0 Å². The van der Waals surface area contributed by atoms with Crippen LogP contribution in [0.1, 0.15) is 175 Å². The van der Waals surface area contributed by atoms with Crippen LogP contribution in [0.5, 0.6) is 0 Å². The number of nitrogens with zero attached hydrogens (tertiary/aromatic N) is 2. The molecule has 0 spiro atoms. The molecular formula is C36H74N2O. The van der Waals surface area contributed by atoms with Crippen molar-refractivity contribution in [3.63, 3.8) is 0 Å². The van der Waals surface area contributed by atoms with Crippen LogP contribution in [0, 0.1) is 5.92 Å². The molecule has 3 heteroatoms. The molecule has 0 aromatic carbocycles. The Morgan fingerprint density at radius 2 is 1.08 bits per heavy atom. The van der Waals surface area contributed by atoms with E-state index < -0.39 is 0 Å². The van der Waals surface area contributed by atoms with Gasteiger partial charge in [-0.3, -0.25) is 0 Å². The van der Waals surface area contributed by atoms with E-state index in [4.69, 9.17) is 4.74 Å². The Morgan fingerprint density at radius 3 is 1.64 bits per heavy atom. The quantitative estimate of drug-likeness (QED) is 0.0901. The summed E-state index contributed by atoms with van der Waals surface area (Å²) in [5, 5.41) is 0. The van der Waals surface area contributed by atoms with E-state index in [1.807, 2.05) is 0 Å². The van der Waals surface area contributed by atoms with Gasteiger partial charge in [-0.25, -0.2) is 0 Å². The van der Waals surface area contributed by atoms with E-state index in [0.29, 0.717) is 6.10 Å². The lowest BCUT2D eigenvalue weighted by Gasteiger charge is -2.34. The Morgan fingerprint density at radius 1 is 0.615 bits per heavy atom. The Kier molecular flexibility index (Phi) is 25.3. The fourth-order valence-electron chi connectivity index (χ4n) is 6.62. The van der Waals surface area contributed by atoms with Crippen LogP contribution in [0.3, 0.4) is 0 Å². The zero-order valence-corrected chi connectivity index (χ0v) is 27.8. The number of rotatable bonds is 28. The molecule has 0 N–H and O–H groups in total. The van der Waals surface area contributed by atoms with Crippen LogP contribution in [0.4, 0.5) is 0 Å². The summed E-state index contributed by atoms with van der Waals surface area (Å²) in [6.07, 6.45) is 32.3. The Bertz CT molecular complexity index is 490. The predicted molar refractivity (Wildman–Crippen MR) is 175 cm³/mol. The smallest absolute Gasteiger partial charge is 0.0599 e. The van der Waals surface area contributed by atoms with Crippen LogP contribution in [0.2, 0.25) is 0 Å². The molecule has 1 fully saturated rings. The fraction of sp³-hybridized carbons (Fsp3) is 1.00. The highest BCUT2D eigenvalue weighted by Gasteiger charge is 2.22. The number of hydrogen-bond acceptors (Lipinski definition) is 3. The molecule has 1 rings (SSSR count). The van der Waals surface area contributed by atoms with Crippen LogP contribution < -0.4 is 0 Å². The second-order valence-electron chi connectivity index (χ2n) is 13.1. The average molecular weight is 551 g/mol. The highest BCUT2D eigenvalue weighted by Crippen LogP contribution is 2.23. The molecular weight excluding hydrogens is 476 g/mol. The molecule has 234 valence electrons. The van der Waals surface area contributed by atoms with Crippen LogP contribution in [-0.2, 0) is 4.74 Å². The maximum absolute atomic E-state index is 6.42. The summed E-state index contributed by atoms with van der Waals surface area (Å²) in [7, 11) is 2.38. The topological polar surface area (TPSA) is 15.7 Å². The number of unbranched alkanes of at least 4 members (excludes halogenated alkanes) is 12. The van der Waals surface area contributed by atoms with Gasteiger partial charge < -0.3 is 14.5 Å². The summed E-state index contributed by atoms with van der Waals surface area (Å²) in [4.78, 5) is 5.44. The van der Waals surface area contributed by atoms with E-state index in [9.17, 15) is 0 Å². The van der Waals surface area contributed by atoms with Crippen LogP contribution in [0.25, 0.3) is 0 Å². The van der Waals surface area contributed by atoms with Crippen molar-refractivity contribution >= 4 is 0 Å². The van der Waals surface area contributed by atoms with E-state index in [2.05, 4.69) is 44.5 Å². The van der Waals surface area contributed by atoms with Crippen molar-refractivity contribution in [3.8, 4) is 0 Å². The SMILES string of the molecule is CCCCCCCC(CCCCC)CN1CCC(OCCCN(C)C(CCCCC)CCCCCCC)CC1. The summed E-state index contributed by atoms with van der Waals surface area (Å²) in [6, 6.07) is 0.776. The van der Waals surface area contributed by atoms with Crippen molar-refractivity contribution in [1.29, 1.82) is 0 Å². The molecule has 0 aromatic heterocycles. The van der Waals surface area contributed by atoms with E-state index in [0.717, 1.165) is 18.6 Å². The van der Waals surface area contributed by atoms with Gasteiger partial charge in [0.15, 0.2) is 0 Å². The third-order valence-corrected chi connectivity index (χ3v) is 9.40. The molecule has 1 aliphatic rings. The van der Waals surface area contributed by atoms with Crippen LogP contribution in [0.15, 0.2) is 0 Å². The maximum atomic E-state index is 6.42. The molecule has 0 saturated carbocycles. The van der Waals surface area contributed by atoms with Gasteiger partial charge in [-0.2, -0.15) is 0 Å². The Labute approximate surface area is 247 Å². The first-order chi connectivity index (χ1) is 19.1. The third kappa shape index (κ3) is 20.4. The molecule has 0 aromatic rings. The molecule has 0 bridgehead atoms. The van der Waals surface area contributed by atoms with Gasteiger partial charge in [0.25, 0.3) is 0 Å². The number of ether oxygens (including phenoxy) is 1. The van der Waals surface area contributed by atoms with Gasteiger partial charge in [0.1, 0.15) is 0 Å². The van der Waals surface area contributed by atoms with Crippen molar-refractivity contribution in [2.24, 2.45) is 5.92 Å². The van der Waals surface area contributed by atoms with Gasteiger partial charge in [0.2, 0.25) is 0 Å². The molecule has 2 atom stereocenters. The van der Waals surface area contributed by atoms with Crippen LogP contribution in [-0.4, -0.2) is 61.8 Å². The number of hydrogen-bond donors (Lipinski definition) is 0. The second kappa shape index (κ2) is 26.8. The maximum Gasteiger partial charge on any atom is 0.0599 e. The summed E-state index contributed by atoms with van der Waals surface area (Å²) in [6.45, 7) is 15.3. The first-order valence-electron chi connectivity index (χ1n) is 18.2. The van der Waals surface area contributed by atoms with Gasteiger partial charge in [-0.05, 0) is 57.9 Å². The molecule has 1 heterocycles. The summed E-state index contributed by atoms with van der Waals surface area (Å²) in [5.41, 5.74) is 0. The molecule has 2 unspecified atom stereocenters. The van der Waals surface area contributed by atoms with E-state index in [1.54, 1.807) is 0 Å². The van der Waals surface area contributed by atoms with E-state index in [1.165, 1.54) is 174 Å². The van der Waals surface area contributed by atoms with Crippen molar-refractivity contribution in [2.75, 3.05) is 39.8 Å². The molecule has 39 heavy (non-hydrogen) atoms. The molecule has 1 saturated heterocycles. The molecule has 1 aliphatic heterocycles. The van der Waals surface area contributed by atoms with Crippen molar-refractivity contribution in [1.82, 2.24) is 9.80 Å². The van der Waals surface area contributed by atoms with Crippen molar-refractivity contribution in [2.45, 2.75) is 188 Å². The summed E-state index contributed by atoms with van der Waals surface area (Å²) >= 11 is 0. The van der Waals surface area contributed by atoms with E-state index in [-0.39, 0.29) is 0 Å². The highest BCUT2D eigenvalue weighted by atomic mass is 16.5. The zero-order chi connectivity index (χ0) is 28.4. The summed E-state index contributed by atoms with van der Waals surface area (Å²) in [5.74, 6) is 0.920. The first-order valence-corrected chi connectivity index (χ1v) is 18.2. The molecule has 0 radical (unpaired) electrons. The molecule has 0 aliphatic carbocycles. The molecule has 3 nitrogen and oxygen atoms in total. The fourth-order valence-corrected chi connectivity index (χ4v) is 6.62. The highest BCUT2D eigenvalue weighted by molar-refractivity contribution is 4.76. The lowest BCUT2D eigenvalue weighted by atomic mass is 9.93. The second-order valence-corrected chi connectivity index (χ2v) is 13.1. The minimum atomic E-state index is 0.498. The van der Waals surface area contributed by atoms with E-state index >= 15 is 0 Å². The largest absolute Gasteiger partial charge is 0.378 e. The lowest BCUT2D eigenvalue weighted by Crippen LogP contribution is -2.40. The zero-order valence-electron chi connectivity index (χ0n) is 27.8. The Hall–Kier alpha value is -0.120. The van der Waals surface area contributed by atoms with Crippen molar-refractivity contribution < 1.29 is 4.74 Å². The normalized spacial score (nSPS) is 16.8. The van der Waals surface area contributed by atoms with Crippen LogP contribution >= 0.6 is 0 Å². The van der Waals surface area contributed by atoms with Gasteiger partial charge in [0.05, 0.1) is 6.10 Å². The minimum absolute atomic E-state index is 0.498. The monoisotopic (exact) mass is 551 g/mol. The summed E-state index contributed by atoms with van der Waals surface area (Å²) < 4.78 is 6.42. The third-order valence-electron chi connectivity index (χ3n) is 9.40. The van der Waals surface area contributed by atoms with Gasteiger partial charge in [-0.1, -0.05) is 130 Å². The average Bonchev–Trinajstić information content (AvgIpc) is 2.95. The predicted octanol–water partition coefficient (Wildman–Crippen LogP) is 10.7. The number of piperidine rings is 1. The first kappa shape index (κ1) is 36.9. The standard InChI is InChI=1S/C36H74N2O/c1-6-10-14-16-20-24-34(23-18-12-8-3)33-38-30-27-36(28-31-38)39-32-22-29-37(5)35(25-19-13-9-4)26-21-17-15-11-7-2/h34-36H,6-33H2,1-5H3. The van der Waals surface area contributed by atoms with Crippen molar-refractivity contribution in [3.05, 3.63) is 0 Å².